The number of hydrogen-bond donors (Lipinski definition) is 0. The molecule has 1 aliphatic heterocycles. The molecule has 0 aromatic heterocycles. The van der Waals surface area contributed by atoms with Gasteiger partial charge in [0.2, 0.25) is 0 Å². The van der Waals surface area contributed by atoms with Crippen LogP contribution in [-0.2, 0) is 20.5 Å². The fourth-order valence-electron chi connectivity index (χ4n) is 25.1. The molecule has 282 valence electrons. The SMILES string of the molecule is CCOC1(C)CC23c4c5c6c7c8c9c(c%10c%11c2c2c4c4c%12c5c5c6c6c8c8c%13c9c9c%10c%10c%11c%11c2c2c4c4c%12c%12c5c5c6c8c6c8c%13c9c9c%10c%10c%11c2c2c4c4c%12c5c6c5c8c9c%10c2c45)C73O1. The Morgan fingerprint density at radius 2 is 0.433 bits per heavy atom. The maximum Gasteiger partial charge on any atom is 0.168 e. The van der Waals surface area contributed by atoms with Gasteiger partial charge < -0.3 is 9.47 Å². The van der Waals surface area contributed by atoms with Crippen molar-refractivity contribution < 1.29 is 9.47 Å². The Morgan fingerprint density at radius 3 is 0.612 bits per heavy atom. The Hall–Kier alpha value is -7.62. The van der Waals surface area contributed by atoms with Gasteiger partial charge in [0, 0.05) is 24.2 Å². The molecule has 1 heterocycles. The summed E-state index contributed by atoms with van der Waals surface area (Å²) in [6, 6.07) is 0. The largest absolute Gasteiger partial charge is 0.350 e. The molecule has 2 heteroatoms. The second kappa shape index (κ2) is 5.42. The lowest BCUT2D eigenvalue weighted by Gasteiger charge is -2.48. The summed E-state index contributed by atoms with van der Waals surface area (Å²) in [6.45, 7) is 5.21. The van der Waals surface area contributed by atoms with E-state index in [4.69, 9.17) is 9.47 Å². The third-order valence-corrected chi connectivity index (χ3v) is 24.8. The second-order valence-electron chi connectivity index (χ2n) is 25.2. The molecule has 0 N–H and O–H groups in total. The molecule has 1 fully saturated rings. The Balaban J connectivity index is 1.23. The molecule has 28 aromatic carbocycles. The molecule has 1 unspecified atom stereocenters. The van der Waals surface area contributed by atoms with Crippen molar-refractivity contribution in [1.82, 2.24) is 0 Å². The highest BCUT2D eigenvalue weighted by atomic mass is 16.7. The van der Waals surface area contributed by atoms with Gasteiger partial charge in [-0.1, -0.05) is 0 Å². The van der Waals surface area contributed by atoms with Gasteiger partial charge >= 0.3 is 0 Å². The highest BCUT2D eigenvalue weighted by Crippen LogP contribution is 2.86. The average molecular weight is 823 g/mol. The smallest absolute Gasteiger partial charge is 0.168 e. The molecule has 28 aromatic rings. The zero-order valence-corrected chi connectivity index (χ0v) is 34.7. The van der Waals surface area contributed by atoms with E-state index in [1.165, 1.54) is 0 Å². The molecule has 0 bridgehead atoms. The molecular formula is C65H10O2. The lowest BCUT2D eigenvalue weighted by atomic mass is 9.54. The number of ether oxygens (including phenoxy) is 2. The first kappa shape index (κ1) is 24.8. The van der Waals surface area contributed by atoms with Gasteiger partial charge in [0.15, 0.2) is 5.79 Å². The van der Waals surface area contributed by atoms with Gasteiger partial charge in [-0.05, 0) is 316 Å². The molecular weight excluding hydrogens is 813 g/mol. The maximum atomic E-state index is 8.55. The van der Waals surface area contributed by atoms with Crippen LogP contribution in [0.5, 0.6) is 0 Å². The third-order valence-electron chi connectivity index (χ3n) is 24.8. The van der Waals surface area contributed by atoms with Gasteiger partial charge in [-0.25, -0.2) is 0 Å². The Bertz CT molecular complexity index is 6490. The van der Waals surface area contributed by atoms with Crippen LogP contribution >= 0.6 is 0 Å². The summed E-state index contributed by atoms with van der Waals surface area (Å²) < 4.78 is 15.8. The van der Waals surface area contributed by atoms with E-state index >= 15 is 0 Å². The summed E-state index contributed by atoms with van der Waals surface area (Å²) in [7, 11) is 0. The van der Waals surface area contributed by atoms with Crippen molar-refractivity contribution >= 4 is 291 Å². The Labute approximate surface area is 364 Å². The minimum atomic E-state index is -0.761. The van der Waals surface area contributed by atoms with Crippen molar-refractivity contribution in [1.29, 1.82) is 0 Å². The lowest BCUT2D eigenvalue weighted by molar-refractivity contribution is -0.233. The van der Waals surface area contributed by atoms with Crippen LogP contribution in [0.4, 0.5) is 0 Å². The first-order valence-electron chi connectivity index (χ1n) is 25.3. The molecule has 1 saturated heterocycles. The first-order valence-corrected chi connectivity index (χ1v) is 25.3. The summed E-state index contributed by atoms with van der Waals surface area (Å²) in [6.07, 6.45) is 0.851. The summed E-state index contributed by atoms with van der Waals surface area (Å²) in [5.41, 5.74) is 5.33. The summed E-state index contributed by atoms with van der Waals surface area (Å²) in [4.78, 5) is 0. The number of benzene rings is 18. The van der Waals surface area contributed by atoms with E-state index in [9.17, 15) is 0 Å². The molecule has 0 radical (unpaired) electrons. The van der Waals surface area contributed by atoms with Crippen LogP contribution in [0.3, 0.4) is 0 Å². The van der Waals surface area contributed by atoms with Gasteiger partial charge in [0.1, 0.15) is 5.60 Å². The van der Waals surface area contributed by atoms with Gasteiger partial charge in [-0.2, -0.15) is 0 Å². The molecule has 0 saturated carbocycles. The highest BCUT2D eigenvalue weighted by molar-refractivity contribution is 6.82. The van der Waals surface area contributed by atoms with E-state index in [1.54, 1.807) is 313 Å². The molecule has 2 spiro atoms. The predicted molar refractivity (Wildman–Crippen MR) is 280 cm³/mol. The number of rotatable bonds is 2. The van der Waals surface area contributed by atoms with Gasteiger partial charge in [0.25, 0.3) is 0 Å². The molecule has 4 aliphatic carbocycles. The summed E-state index contributed by atoms with van der Waals surface area (Å²) >= 11 is 0. The van der Waals surface area contributed by atoms with Crippen LogP contribution in [0.15, 0.2) is 0 Å². The summed E-state index contributed by atoms with van der Waals surface area (Å²) in [5.74, 6) is -0.761. The first-order chi connectivity index (χ1) is 33.2. The minimum absolute atomic E-state index is 0.414. The fraction of sp³-hybridized carbons (Fsp3) is 0.108. The van der Waals surface area contributed by atoms with E-state index in [0.29, 0.717) is 6.61 Å². The molecule has 1 atom stereocenters. The quantitative estimate of drug-likeness (QED) is 0.162. The van der Waals surface area contributed by atoms with Crippen molar-refractivity contribution in [2.75, 3.05) is 6.61 Å². The van der Waals surface area contributed by atoms with Crippen molar-refractivity contribution in [3.05, 3.63) is 22.3 Å². The third kappa shape index (κ3) is 1.28. The maximum absolute atomic E-state index is 8.55. The Morgan fingerprint density at radius 1 is 0.269 bits per heavy atom. The normalized spacial score (nSPS) is 25.3. The second-order valence-corrected chi connectivity index (χ2v) is 25.2. The van der Waals surface area contributed by atoms with E-state index in [2.05, 4.69) is 13.8 Å². The molecule has 33 rings (SSSR count). The highest BCUT2D eigenvalue weighted by Gasteiger charge is 2.76. The zero-order chi connectivity index (χ0) is 39.8. The van der Waals surface area contributed by atoms with Gasteiger partial charge in [-0.3, -0.25) is 0 Å². The van der Waals surface area contributed by atoms with Crippen molar-refractivity contribution in [3.63, 3.8) is 0 Å². The van der Waals surface area contributed by atoms with Crippen LogP contribution in [0.2, 0.25) is 0 Å². The van der Waals surface area contributed by atoms with Crippen LogP contribution in [-0.4, -0.2) is 12.4 Å². The van der Waals surface area contributed by atoms with Gasteiger partial charge in [0.05, 0.1) is 5.41 Å². The van der Waals surface area contributed by atoms with E-state index in [0.717, 1.165) is 6.42 Å². The summed E-state index contributed by atoms with van der Waals surface area (Å²) in [5, 5.41) is 88.0. The molecule has 5 aliphatic rings. The van der Waals surface area contributed by atoms with E-state index in [1.807, 2.05) is 0 Å². The lowest BCUT2D eigenvalue weighted by Crippen LogP contribution is -2.48. The zero-order valence-electron chi connectivity index (χ0n) is 34.7. The van der Waals surface area contributed by atoms with Gasteiger partial charge in [-0.15, -0.1) is 0 Å². The molecule has 0 amide bonds. The fourth-order valence-corrected chi connectivity index (χ4v) is 25.1. The molecule has 2 nitrogen and oxygen atoms in total. The number of hydrogen-bond acceptors (Lipinski definition) is 2. The van der Waals surface area contributed by atoms with Crippen molar-refractivity contribution in [2.24, 2.45) is 0 Å². The van der Waals surface area contributed by atoms with Crippen molar-refractivity contribution in [2.45, 2.75) is 37.1 Å². The minimum Gasteiger partial charge on any atom is -0.350 e. The van der Waals surface area contributed by atoms with Crippen LogP contribution < -0.4 is 0 Å². The van der Waals surface area contributed by atoms with Crippen LogP contribution in [0.25, 0.3) is 291 Å². The topological polar surface area (TPSA) is 18.5 Å². The standard InChI is InChI=1S/C65H10O2/c1-3-66-63(2)4-64-59-51-43-33-23-15-7-5-6-9-13-11(7)19-27-21(13)31-25-17(9)18-10(6)14-12-8(5)16(15)24-30-20(12)28-22(14)32-26(18)36-35(25)47-41(31)49-39(27)45(37(43)29(19)23)53(59)55(49)61-57(47)58-48(36)42(32)50-40(28)46-38(30)44(34(24)33)52(51)60(64)54(46)56(50)62(58)65(61,64)67-63/h3-4H2,1-2H3. The van der Waals surface area contributed by atoms with Crippen LogP contribution in [0.1, 0.15) is 42.5 Å². The molecule has 67 heavy (non-hydrogen) atoms. The average Bonchev–Trinajstić information content (AvgIpc) is 4.18. The van der Waals surface area contributed by atoms with E-state index in [-0.39, 0.29) is 0 Å². The van der Waals surface area contributed by atoms with Crippen LogP contribution in [0, 0.1) is 0 Å². The van der Waals surface area contributed by atoms with E-state index < -0.39 is 16.8 Å². The van der Waals surface area contributed by atoms with Crippen molar-refractivity contribution in [3.8, 4) is 0 Å². The monoisotopic (exact) mass is 822 g/mol. The predicted octanol–water partition coefficient (Wildman–Crippen LogP) is 17.4. The Kier molecular flexibility index (Phi) is 2.00.